The zero-order valence-electron chi connectivity index (χ0n) is 14.0. The molecule has 0 saturated carbocycles. The molecule has 0 unspecified atom stereocenters. The molecule has 0 saturated heterocycles. The number of para-hydroxylation sites is 1. The van der Waals surface area contributed by atoms with E-state index in [2.05, 4.69) is 20.3 Å². The standard InChI is InChI=1S/C17H18N6O/c1-17(2,3)16(24)20-11-9-19-15-13(14(11)21-22-18)10-7-5-6-8-12(10)23(15)4/h5-9H,1-4H3,(H,20,24). The third kappa shape index (κ3) is 2.45. The Labute approximate surface area is 138 Å². The molecule has 0 fully saturated rings. The monoisotopic (exact) mass is 322 g/mol. The maximum atomic E-state index is 12.3. The van der Waals surface area contributed by atoms with Gasteiger partial charge < -0.3 is 9.88 Å². The van der Waals surface area contributed by atoms with Crippen LogP contribution in [0.2, 0.25) is 0 Å². The molecule has 0 atom stereocenters. The number of fused-ring (bicyclic) bond motifs is 3. The van der Waals surface area contributed by atoms with Crippen LogP contribution in [-0.4, -0.2) is 15.5 Å². The molecule has 0 radical (unpaired) electrons. The first-order valence-electron chi connectivity index (χ1n) is 7.57. The van der Waals surface area contributed by atoms with Crippen molar-refractivity contribution in [3.05, 3.63) is 40.9 Å². The second-order valence-electron chi connectivity index (χ2n) is 6.69. The Bertz CT molecular complexity index is 1010. The highest BCUT2D eigenvalue weighted by Crippen LogP contribution is 2.39. The van der Waals surface area contributed by atoms with E-state index in [0.29, 0.717) is 17.0 Å². The van der Waals surface area contributed by atoms with Crippen molar-refractivity contribution in [3.8, 4) is 0 Å². The first-order chi connectivity index (χ1) is 11.3. The minimum absolute atomic E-state index is 0.168. The lowest BCUT2D eigenvalue weighted by atomic mass is 9.95. The number of nitrogens with zero attached hydrogens (tertiary/aromatic N) is 5. The Morgan fingerprint density at radius 3 is 2.71 bits per heavy atom. The van der Waals surface area contributed by atoms with Crippen LogP contribution in [0.25, 0.3) is 32.4 Å². The molecule has 0 bridgehead atoms. The molecule has 0 aliphatic heterocycles. The van der Waals surface area contributed by atoms with E-state index in [0.717, 1.165) is 16.3 Å². The van der Waals surface area contributed by atoms with Crippen LogP contribution in [-0.2, 0) is 11.8 Å². The van der Waals surface area contributed by atoms with Crippen molar-refractivity contribution < 1.29 is 4.79 Å². The molecule has 2 heterocycles. The molecule has 1 aromatic carbocycles. The van der Waals surface area contributed by atoms with Crippen LogP contribution >= 0.6 is 0 Å². The number of hydrogen-bond acceptors (Lipinski definition) is 3. The fourth-order valence-corrected chi connectivity index (χ4v) is 2.64. The van der Waals surface area contributed by atoms with Crippen molar-refractivity contribution in [2.45, 2.75) is 20.8 Å². The van der Waals surface area contributed by atoms with Gasteiger partial charge >= 0.3 is 0 Å². The van der Waals surface area contributed by atoms with Gasteiger partial charge in [0.05, 0.1) is 23.1 Å². The van der Waals surface area contributed by atoms with Gasteiger partial charge in [-0.1, -0.05) is 44.1 Å². The Balaban J connectivity index is 2.33. The highest BCUT2D eigenvalue weighted by atomic mass is 16.2. The second kappa shape index (κ2) is 5.54. The third-order valence-corrected chi connectivity index (χ3v) is 3.96. The molecule has 3 aromatic rings. The number of aromatic nitrogens is 2. The number of nitrogens with one attached hydrogen (secondary N) is 1. The van der Waals surface area contributed by atoms with Crippen LogP contribution in [0.15, 0.2) is 35.6 Å². The largest absolute Gasteiger partial charge is 0.328 e. The fourth-order valence-electron chi connectivity index (χ4n) is 2.64. The summed E-state index contributed by atoms with van der Waals surface area (Å²) in [7, 11) is 1.91. The number of azide groups is 1. The van der Waals surface area contributed by atoms with Gasteiger partial charge in [0.25, 0.3) is 0 Å². The minimum Gasteiger partial charge on any atom is -0.328 e. The first kappa shape index (κ1) is 15.8. The summed E-state index contributed by atoms with van der Waals surface area (Å²) in [6.45, 7) is 5.46. The predicted molar refractivity (Wildman–Crippen MR) is 95.1 cm³/mol. The van der Waals surface area contributed by atoms with Gasteiger partial charge in [0.1, 0.15) is 5.65 Å². The van der Waals surface area contributed by atoms with Gasteiger partial charge in [-0.25, -0.2) is 4.98 Å². The quantitative estimate of drug-likeness (QED) is 0.422. The Kier molecular flexibility index (Phi) is 3.66. The summed E-state index contributed by atoms with van der Waals surface area (Å²) in [5.74, 6) is -0.168. The number of carbonyl (C=O) groups excluding carboxylic acids is 1. The zero-order valence-corrected chi connectivity index (χ0v) is 14.0. The van der Waals surface area contributed by atoms with E-state index >= 15 is 0 Å². The van der Waals surface area contributed by atoms with E-state index in [9.17, 15) is 4.79 Å². The highest BCUT2D eigenvalue weighted by molar-refractivity contribution is 6.15. The number of hydrogen-bond donors (Lipinski definition) is 1. The van der Waals surface area contributed by atoms with E-state index in [4.69, 9.17) is 5.53 Å². The molecular weight excluding hydrogens is 304 g/mol. The van der Waals surface area contributed by atoms with Crippen LogP contribution in [0.1, 0.15) is 20.8 Å². The normalized spacial score (nSPS) is 11.5. The summed E-state index contributed by atoms with van der Waals surface area (Å²) in [4.78, 5) is 19.7. The molecule has 1 N–H and O–H groups in total. The van der Waals surface area contributed by atoms with E-state index < -0.39 is 5.41 Å². The van der Waals surface area contributed by atoms with Crippen molar-refractivity contribution in [2.24, 2.45) is 17.6 Å². The van der Waals surface area contributed by atoms with Crippen LogP contribution in [0, 0.1) is 5.41 Å². The maximum Gasteiger partial charge on any atom is 0.229 e. The zero-order chi connectivity index (χ0) is 17.5. The highest BCUT2D eigenvalue weighted by Gasteiger charge is 2.23. The lowest BCUT2D eigenvalue weighted by Crippen LogP contribution is -2.27. The van der Waals surface area contributed by atoms with Gasteiger partial charge in [-0.2, -0.15) is 0 Å². The lowest BCUT2D eigenvalue weighted by Gasteiger charge is -2.18. The molecule has 7 nitrogen and oxygen atoms in total. The Morgan fingerprint density at radius 1 is 1.33 bits per heavy atom. The molecular formula is C17H18N6O. The van der Waals surface area contributed by atoms with Crippen LogP contribution in [0.3, 0.4) is 0 Å². The molecule has 1 amide bonds. The molecule has 0 aliphatic carbocycles. The van der Waals surface area contributed by atoms with E-state index in [-0.39, 0.29) is 5.91 Å². The summed E-state index contributed by atoms with van der Waals surface area (Å²) in [6, 6.07) is 7.79. The van der Waals surface area contributed by atoms with Gasteiger partial charge in [-0.05, 0) is 11.6 Å². The van der Waals surface area contributed by atoms with Gasteiger partial charge in [-0.15, -0.1) is 0 Å². The average Bonchev–Trinajstić information content (AvgIpc) is 2.82. The Hall–Kier alpha value is -3.05. The van der Waals surface area contributed by atoms with Crippen molar-refractivity contribution in [2.75, 3.05) is 5.32 Å². The molecule has 122 valence electrons. The van der Waals surface area contributed by atoms with Crippen molar-refractivity contribution in [1.82, 2.24) is 9.55 Å². The molecule has 0 aliphatic rings. The summed E-state index contributed by atoms with van der Waals surface area (Å²) in [6.07, 6.45) is 1.54. The molecule has 2 aromatic heterocycles. The molecule has 0 spiro atoms. The second-order valence-corrected chi connectivity index (χ2v) is 6.69. The average molecular weight is 322 g/mol. The SMILES string of the molecule is Cn1c2ccccc2c2c(N=[N+]=[N-])c(NC(=O)C(C)(C)C)cnc21. The van der Waals surface area contributed by atoms with E-state index in [1.54, 1.807) is 0 Å². The Morgan fingerprint density at radius 2 is 2.04 bits per heavy atom. The molecule has 3 rings (SSSR count). The van der Waals surface area contributed by atoms with Gasteiger partial charge in [0.15, 0.2) is 0 Å². The van der Waals surface area contributed by atoms with Crippen molar-refractivity contribution in [1.29, 1.82) is 0 Å². The van der Waals surface area contributed by atoms with Crippen molar-refractivity contribution in [3.63, 3.8) is 0 Å². The molecule has 7 heteroatoms. The lowest BCUT2D eigenvalue weighted by molar-refractivity contribution is -0.123. The summed E-state index contributed by atoms with van der Waals surface area (Å²) in [5.41, 5.74) is 10.9. The van der Waals surface area contributed by atoms with E-state index in [1.165, 1.54) is 6.20 Å². The van der Waals surface area contributed by atoms with Crippen LogP contribution in [0.5, 0.6) is 0 Å². The topological polar surface area (TPSA) is 95.7 Å². The number of rotatable bonds is 2. The summed E-state index contributed by atoms with van der Waals surface area (Å²) >= 11 is 0. The summed E-state index contributed by atoms with van der Waals surface area (Å²) < 4.78 is 1.94. The summed E-state index contributed by atoms with van der Waals surface area (Å²) in [5, 5.41) is 8.33. The number of benzene rings is 1. The molecule has 24 heavy (non-hydrogen) atoms. The van der Waals surface area contributed by atoms with Gasteiger partial charge in [0.2, 0.25) is 5.91 Å². The van der Waals surface area contributed by atoms with Crippen LogP contribution < -0.4 is 5.32 Å². The maximum absolute atomic E-state index is 12.3. The number of aryl methyl sites for hydroxylation is 1. The first-order valence-corrected chi connectivity index (χ1v) is 7.57. The number of pyridine rings is 1. The predicted octanol–water partition coefficient (Wildman–Crippen LogP) is 4.65. The minimum atomic E-state index is -0.568. The van der Waals surface area contributed by atoms with E-state index in [1.807, 2.05) is 56.7 Å². The fraction of sp³-hybridized carbons (Fsp3) is 0.294. The van der Waals surface area contributed by atoms with Crippen molar-refractivity contribution >= 4 is 39.2 Å². The van der Waals surface area contributed by atoms with Gasteiger partial charge in [0, 0.05) is 28.1 Å². The number of amides is 1. The number of carbonyl (C=O) groups is 1. The number of anilines is 1. The third-order valence-electron chi connectivity index (χ3n) is 3.96. The van der Waals surface area contributed by atoms with Crippen LogP contribution in [0.4, 0.5) is 11.4 Å². The smallest absolute Gasteiger partial charge is 0.229 e. The van der Waals surface area contributed by atoms with Gasteiger partial charge in [-0.3, -0.25) is 4.79 Å².